The summed E-state index contributed by atoms with van der Waals surface area (Å²) in [6.45, 7) is 5.31. The summed E-state index contributed by atoms with van der Waals surface area (Å²) >= 11 is 0. The van der Waals surface area contributed by atoms with E-state index in [1.54, 1.807) is 13.2 Å². The SMILES string of the molecule is CN=C(NCCCCNc1ccccn1)N1CC(C)C(C(=O)OC)C1.I. The lowest BCUT2D eigenvalue weighted by Crippen LogP contribution is -2.41. The minimum atomic E-state index is -0.133. The molecule has 1 aromatic heterocycles. The Labute approximate surface area is 173 Å². The van der Waals surface area contributed by atoms with Crippen LogP contribution in [0, 0.1) is 11.8 Å². The number of hydrogen-bond donors (Lipinski definition) is 2. The number of likely N-dealkylation sites (tertiary alicyclic amines) is 1. The maximum absolute atomic E-state index is 11.8. The maximum Gasteiger partial charge on any atom is 0.310 e. The summed E-state index contributed by atoms with van der Waals surface area (Å²) in [6, 6.07) is 5.84. The Morgan fingerprint density at radius 2 is 2.12 bits per heavy atom. The van der Waals surface area contributed by atoms with Crippen LogP contribution in [-0.2, 0) is 9.53 Å². The quantitative estimate of drug-likeness (QED) is 0.207. The minimum Gasteiger partial charge on any atom is -0.469 e. The van der Waals surface area contributed by atoms with E-state index in [1.807, 2.05) is 18.2 Å². The van der Waals surface area contributed by atoms with E-state index in [1.165, 1.54) is 7.11 Å². The number of carbonyl (C=O) groups excluding carboxylic acids is 1. The normalized spacial score (nSPS) is 19.7. The van der Waals surface area contributed by atoms with Gasteiger partial charge in [-0.25, -0.2) is 4.98 Å². The van der Waals surface area contributed by atoms with Crippen LogP contribution in [0.15, 0.2) is 29.4 Å². The number of anilines is 1. The van der Waals surface area contributed by atoms with Crippen LogP contribution in [0.1, 0.15) is 19.8 Å². The molecule has 1 fully saturated rings. The van der Waals surface area contributed by atoms with E-state index < -0.39 is 0 Å². The van der Waals surface area contributed by atoms with E-state index in [0.29, 0.717) is 6.54 Å². The largest absolute Gasteiger partial charge is 0.469 e. The Morgan fingerprint density at radius 3 is 2.77 bits per heavy atom. The van der Waals surface area contributed by atoms with E-state index >= 15 is 0 Å². The van der Waals surface area contributed by atoms with Crippen molar-refractivity contribution in [3.63, 3.8) is 0 Å². The highest BCUT2D eigenvalue weighted by atomic mass is 127. The third kappa shape index (κ3) is 6.62. The molecule has 1 aliphatic heterocycles. The van der Waals surface area contributed by atoms with Gasteiger partial charge in [0.15, 0.2) is 5.96 Å². The van der Waals surface area contributed by atoms with E-state index in [4.69, 9.17) is 4.74 Å². The first kappa shape index (κ1) is 22.5. The fourth-order valence-corrected chi connectivity index (χ4v) is 3.06. The first-order valence-corrected chi connectivity index (χ1v) is 8.84. The van der Waals surface area contributed by atoms with Gasteiger partial charge in [-0.3, -0.25) is 9.79 Å². The number of aliphatic imine (C=N–C) groups is 1. The molecule has 1 aromatic rings. The summed E-state index contributed by atoms with van der Waals surface area (Å²) < 4.78 is 4.89. The van der Waals surface area contributed by atoms with Gasteiger partial charge in [0, 0.05) is 39.4 Å². The molecular weight excluding hydrogens is 445 g/mol. The molecule has 2 rings (SSSR count). The predicted octanol–water partition coefficient (Wildman–Crippen LogP) is 2.21. The van der Waals surface area contributed by atoms with Gasteiger partial charge >= 0.3 is 5.97 Å². The number of esters is 1. The average molecular weight is 475 g/mol. The summed E-state index contributed by atoms with van der Waals surface area (Å²) in [7, 11) is 3.23. The summed E-state index contributed by atoms with van der Waals surface area (Å²) in [5, 5.41) is 6.69. The second-order valence-corrected chi connectivity index (χ2v) is 6.33. The molecule has 0 spiro atoms. The second kappa shape index (κ2) is 11.9. The lowest BCUT2D eigenvalue weighted by molar-refractivity contribution is -0.145. The van der Waals surface area contributed by atoms with Gasteiger partial charge in [0.05, 0.1) is 13.0 Å². The molecule has 0 bridgehead atoms. The van der Waals surface area contributed by atoms with E-state index in [9.17, 15) is 4.79 Å². The van der Waals surface area contributed by atoms with Crippen LogP contribution in [0.5, 0.6) is 0 Å². The molecule has 2 heterocycles. The molecule has 2 atom stereocenters. The van der Waals surface area contributed by atoms with Gasteiger partial charge in [-0.1, -0.05) is 13.0 Å². The van der Waals surface area contributed by atoms with E-state index in [2.05, 4.69) is 32.4 Å². The number of rotatable bonds is 7. The van der Waals surface area contributed by atoms with Crippen molar-refractivity contribution >= 4 is 41.7 Å². The molecule has 26 heavy (non-hydrogen) atoms. The third-order valence-electron chi connectivity index (χ3n) is 4.49. The highest BCUT2D eigenvalue weighted by Crippen LogP contribution is 2.24. The van der Waals surface area contributed by atoms with Crippen molar-refractivity contribution in [3.05, 3.63) is 24.4 Å². The average Bonchev–Trinajstić information content (AvgIpc) is 3.03. The molecular formula is C18H30IN5O2. The van der Waals surface area contributed by atoms with Crippen molar-refractivity contribution in [1.29, 1.82) is 0 Å². The molecule has 0 aliphatic carbocycles. The van der Waals surface area contributed by atoms with Gasteiger partial charge in [0.2, 0.25) is 0 Å². The minimum absolute atomic E-state index is 0. The molecule has 2 unspecified atom stereocenters. The second-order valence-electron chi connectivity index (χ2n) is 6.33. The van der Waals surface area contributed by atoms with Crippen LogP contribution < -0.4 is 10.6 Å². The Kier molecular flexibility index (Phi) is 10.3. The molecule has 0 saturated carbocycles. The molecule has 1 saturated heterocycles. The van der Waals surface area contributed by atoms with Crippen LogP contribution in [0.25, 0.3) is 0 Å². The van der Waals surface area contributed by atoms with Crippen molar-refractivity contribution in [2.45, 2.75) is 19.8 Å². The number of methoxy groups -OCH3 is 1. The zero-order valence-corrected chi connectivity index (χ0v) is 18.1. The lowest BCUT2D eigenvalue weighted by Gasteiger charge is -2.21. The number of carbonyl (C=O) groups is 1. The number of nitrogens with one attached hydrogen (secondary N) is 2. The molecule has 0 aromatic carbocycles. The highest BCUT2D eigenvalue weighted by Gasteiger charge is 2.36. The number of nitrogens with zero attached hydrogens (tertiary/aromatic N) is 3. The van der Waals surface area contributed by atoms with Crippen molar-refractivity contribution in [3.8, 4) is 0 Å². The first-order valence-electron chi connectivity index (χ1n) is 8.84. The van der Waals surface area contributed by atoms with Gasteiger partial charge in [-0.2, -0.15) is 0 Å². The number of aromatic nitrogens is 1. The van der Waals surface area contributed by atoms with E-state index in [-0.39, 0.29) is 41.8 Å². The number of pyridine rings is 1. The number of ether oxygens (including phenoxy) is 1. The van der Waals surface area contributed by atoms with Crippen LogP contribution in [0.4, 0.5) is 5.82 Å². The van der Waals surface area contributed by atoms with Crippen LogP contribution in [-0.4, -0.2) is 62.1 Å². The Bertz CT molecular complexity index is 570. The highest BCUT2D eigenvalue weighted by molar-refractivity contribution is 14.0. The predicted molar refractivity (Wildman–Crippen MR) is 115 cm³/mol. The Hall–Kier alpha value is -1.58. The van der Waals surface area contributed by atoms with Gasteiger partial charge in [0.25, 0.3) is 0 Å². The molecule has 2 N–H and O–H groups in total. The molecule has 8 heteroatoms. The van der Waals surface area contributed by atoms with Crippen LogP contribution in [0.2, 0.25) is 0 Å². The summed E-state index contributed by atoms with van der Waals surface area (Å²) in [6.07, 6.45) is 3.86. The van der Waals surface area contributed by atoms with Gasteiger partial charge in [-0.05, 0) is 30.9 Å². The molecule has 0 amide bonds. The molecule has 0 radical (unpaired) electrons. The zero-order chi connectivity index (χ0) is 18.1. The van der Waals surface area contributed by atoms with Crippen LogP contribution in [0.3, 0.4) is 0 Å². The van der Waals surface area contributed by atoms with Gasteiger partial charge in [0.1, 0.15) is 5.82 Å². The van der Waals surface area contributed by atoms with Gasteiger partial charge < -0.3 is 20.3 Å². The summed E-state index contributed by atoms with van der Waals surface area (Å²) in [4.78, 5) is 22.5. The first-order chi connectivity index (χ1) is 12.2. The number of hydrogen-bond acceptors (Lipinski definition) is 5. The summed E-state index contributed by atoms with van der Waals surface area (Å²) in [5.74, 6) is 1.83. The number of unbranched alkanes of at least 4 members (excludes halogenated alkanes) is 1. The Morgan fingerprint density at radius 1 is 1.35 bits per heavy atom. The monoisotopic (exact) mass is 475 g/mol. The lowest BCUT2D eigenvalue weighted by atomic mass is 9.99. The standard InChI is InChI=1S/C18H29N5O2.HI/c1-14-12-23(13-15(14)17(24)25-3)18(19-2)22-11-7-6-10-21-16-8-4-5-9-20-16;/h4-5,8-9,14-15H,6-7,10-13H2,1-3H3,(H,19,22)(H,20,21);1H. The van der Waals surface area contributed by atoms with Crippen LogP contribution >= 0.6 is 24.0 Å². The van der Waals surface area contributed by atoms with E-state index in [0.717, 1.165) is 44.3 Å². The van der Waals surface area contributed by atoms with Crippen molar-refractivity contribution < 1.29 is 9.53 Å². The van der Waals surface area contributed by atoms with Crippen molar-refractivity contribution in [2.75, 3.05) is 45.7 Å². The molecule has 1 aliphatic rings. The zero-order valence-electron chi connectivity index (χ0n) is 15.8. The number of halogens is 1. The fourth-order valence-electron chi connectivity index (χ4n) is 3.06. The third-order valence-corrected chi connectivity index (χ3v) is 4.49. The maximum atomic E-state index is 11.8. The molecule has 7 nitrogen and oxygen atoms in total. The smallest absolute Gasteiger partial charge is 0.310 e. The summed E-state index contributed by atoms with van der Waals surface area (Å²) in [5.41, 5.74) is 0. The fraction of sp³-hybridized carbons (Fsp3) is 0.611. The van der Waals surface area contributed by atoms with Crippen molar-refractivity contribution in [2.24, 2.45) is 16.8 Å². The number of guanidine groups is 1. The molecule has 146 valence electrons. The van der Waals surface area contributed by atoms with Crippen molar-refractivity contribution in [1.82, 2.24) is 15.2 Å². The Balaban J connectivity index is 0.00000338. The van der Waals surface area contributed by atoms with Gasteiger partial charge in [-0.15, -0.1) is 24.0 Å². The topological polar surface area (TPSA) is 78.9 Å².